The van der Waals surface area contributed by atoms with Gasteiger partial charge in [0.1, 0.15) is 11.6 Å². The van der Waals surface area contributed by atoms with Gasteiger partial charge < -0.3 is 14.9 Å². The lowest BCUT2D eigenvalue weighted by molar-refractivity contribution is -0.120. The number of rotatable bonds is 7. The van der Waals surface area contributed by atoms with E-state index in [1.165, 1.54) is 36.4 Å². The summed E-state index contributed by atoms with van der Waals surface area (Å²) in [6.07, 6.45) is 1.15. The molecule has 0 spiro atoms. The van der Waals surface area contributed by atoms with Gasteiger partial charge in [-0.1, -0.05) is 23.4 Å². The predicted octanol–water partition coefficient (Wildman–Crippen LogP) is 3.72. The van der Waals surface area contributed by atoms with Crippen LogP contribution in [0.25, 0.3) is 0 Å². The van der Waals surface area contributed by atoms with Crippen LogP contribution in [0.3, 0.4) is 0 Å². The maximum atomic E-state index is 13.1. The molecule has 0 heterocycles. The van der Waals surface area contributed by atoms with E-state index < -0.39 is 24.9 Å². The normalized spacial score (nSPS) is 10.9. The van der Waals surface area contributed by atoms with Crippen molar-refractivity contribution in [3.05, 3.63) is 59.4 Å². The quantitative estimate of drug-likeness (QED) is 0.610. The zero-order chi connectivity index (χ0) is 18.2. The zero-order valence-electron chi connectivity index (χ0n) is 13.2. The first kappa shape index (κ1) is 18.3. The minimum absolute atomic E-state index is 0.0651. The van der Waals surface area contributed by atoms with Crippen LogP contribution in [-0.4, -0.2) is 25.3 Å². The van der Waals surface area contributed by atoms with Crippen LogP contribution in [0.5, 0.6) is 5.75 Å². The van der Waals surface area contributed by atoms with Gasteiger partial charge in [0.15, 0.2) is 6.61 Å². The predicted molar refractivity (Wildman–Crippen MR) is 86.4 cm³/mol. The molecule has 25 heavy (non-hydrogen) atoms. The van der Waals surface area contributed by atoms with Gasteiger partial charge in [-0.3, -0.25) is 4.79 Å². The van der Waals surface area contributed by atoms with Crippen molar-refractivity contribution in [2.75, 3.05) is 11.9 Å². The van der Waals surface area contributed by atoms with Crippen LogP contribution in [-0.2, 0) is 9.63 Å². The first-order valence-electron chi connectivity index (χ1n) is 7.21. The van der Waals surface area contributed by atoms with Crippen molar-refractivity contribution in [2.45, 2.75) is 13.5 Å². The first-order valence-corrected chi connectivity index (χ1v) is 7.21. The fourth-order valence-electron chi connectivity index (χ4n) is 1.90. The molecule has 1 N–H and O–H groups in total. The number of oxime groups is 1. The third-order valence-corrected chi connectivity index (χ3v) is 3.07. The Bertz CT molecular complexity index is 767. The number of hydrogen-bond acceptors (Lipinski definition) is 4. The smallest absolute Gasteiger partial charge is 0.387 e. The molecule has 132 valence electrons. The molecule has 0 radical (unpaired) electrons. The Hall–Kier alpha value is -3.03. The van der Waals surface area contributed by atoms with Crippen LogP contribution >= 0.6 is 0 Å². The highest BCUT2D eigenvalue weighted by Gasteiger charge is 2.08. The van der Waals surface area contributed by atoms with E-state index in [9.17, 15) is 18.0 Å². The Morgan fingerprint density at radius 2 is 2.04 bits per heavy atom. The molecule has 1 amide bonds. The second kappa shape index (κ2) is 8.72. The number of hydrogen-bond donors (Lipinski definition) is 1. The summed E-state index contributed by atoms with van der Waals surface area (Å²) in [5, 5.41) is 6.03. The van der Waals surface area contributed by atoms with E-state index in [2.05, 4.69) is 15.2 Å². The van der Waals surface area contributed by atoms with Gasteiger partial charge >= 0.3 is 6.61 Å². The van der Waals surface area contributed by atoms with Crippen molar-refractivity contribution in [1.82, 2.24) is 0 Å². The maximum Gasteiger partial charge on any atom is 0.387 e. The minimum atomic E-state index is -2.96. The number of anilines is 1. The lowest BCUT2D eigenvalue weighted by atomic mass is 10.2. The minimum Gasteiger partial charge on any atom is -0.434 e. The molecule has 0 aliphatic rings. The van der Waals surface area contributed by atoms with Gasteiger partial charge in [-0.25, -0.2) is 4.39 Å². The number of alkyl halides is 2. The highest BCUT2D eigenvalue weighted by Crippen LogP contribution is 2.18. The fourth-order valence-corrected chi connectivity index (χ4v) is 1.90. The Balaban J connectivity index is 1.89. The fraction of sp³-hybridized carbons (Fsp3) is 0.176. The lowest BCUT2D eigenvalue weighted by Gasteiger charge is -2.08. The number of aryl methyl sites for hydroxylation is 1. The van der Waals surface area contributed by atoms with Crippen LogP contribution in [0.2, 0.25) is 0 Å². The van der Waals surface area contributed by atoms with Gasteiger partial charge in [0.25, 0.3) is 5.91 Å². The lowest BCUT2D eigenvalue weighted by Crippen LogP contribution is -2.17. The van der Waals surface area contributed by atoms with Crippen molar-refractivity contribution in [3.8, 4) is 5.75 Å². The molecule has 8 heteroatoms. The second-order valence-electron chi connectivity index (χ2n) is 4.93. The molecule has 2 aromatic carbocycles. The third-order valence-electron chi connectivity index (χ3n) is 3.07. The van der Waals surface area contributed by atoms with Crippen LogP contribution in [0.15, 0.2) is 47.6 Å². The van der Waals surface area contributed by atoms with Crippen LogP contribution < -0.4 is 10.1 Å². The first-order chi connectivity index (χ1) is 12.0. The number of nitrogens with one attached hydrogen (secondary N) is 1. The summed E-state index contributed by atoms with van der Waals surface area (Å²) in [6, 6.07) is 10.0. The monoisotopic (exact) mass is 352 g/mol. The van der Waals surface area contributed by atoms with Crippen molar-refractivity contribution < 1.29 is 27.5 Å². The van der Waals surface area contributed by atoms with Gasteiger partial charge in [0.05, 0.1) is 6.21 Å². The largest absolute Gasteiger partial charge is 0.434 e. The molecular formula is C17H15F3N2O3. The molecule has 0 bridgehead atoms. The number of amides is 1. The van der Waals surface area contributed by atoms with Gasteiger partial charge in [-0.15, -0.1) is 0 Å². The van der Waals surface area contributed by atoms with Crippen molar-refractivity contribution in [3.63, 3.8) is 0 Å². The van der Waals surface area contributed by atoms with Crippen LogP contribution in [0, 0.1) is 12.7 Å². The Kier molecular flexibility index (Phi) is 6.39. The van der Waals surface area contributed by atoms with Crippen molar-refractivity contribution in [1.29, 1.82) is 0 Å². The molecule has 0 fully saturated rings. The summed E-state index contributed by atoms with van der Waals surface area (Å²) in [5.41, 5.74) is 1.29. The summed E-state index contributed by atoms with van der Waals surface area (Å²) in [7, 11) is 0. The molecule has 0 atom stereocenters. The van der Waals surface area contributed by atoms with E-state index >= 15 is 0 Å². The number of benzene rings is 2. The summed E-state index contributed by atoms with van der Waals surface area (Å²) in [5.74, 6) is -1.08. The van der Waals surface area contributed by atoms with Crippen molar-refractivity contribution in [2.24, 2.45) is 5.16 Å². The summed E-state index contributed by atoms with van der Waals surface area (Å²) in [6.45, 7) is -1.67. The second-order valence-corrected chi connectivity index (χ2v) is 4.93. The average Bonchev–Trinajstić information content (AvgIpc) is 2.56. The van der Waals surface area contributed by atoms with Crippen LogP contribution in [0.4, 0.5) is 18.9 Å². The van der Waals surface area contributed by atoms with Gasteiger partial charge in [-0.2, -0.15) is 8.78 Å². The van der Waals surface area contributed by atoms with E-state index in [1.807, 2.05) is 0 Å². The molecule has 0 saturated heterocycles. The molecule has 0 saturated carbocycles. The topological polar surface area (TPSA) is 59.9 Å². The summed E-state index contributed by atoms with van der Waals surface area (Å²) >= 11 is 0. The molecule has 0 aliphatic heterocycles. The highest BCUT2D eigenvalue weighted by atomic mass is 19.3. The Morgan fingerprint density at radius 3 is 2.80 bits per heavy atom. The van der Waals surface area contributed by atoms with Gasteiger partial charge in [0, 0.05) is 11.3 Å². The zero-order valence-corrected chi connectivity index (χ0v) is 13.2. The van der Waals surface area contributed by atoms with Crippen molar-refractivity contribution >= 4 is 17.8 Å². The molecule has 2 aromatic rings. The maximum absolute atomic E-state index is 13.1. The van der Waals surface area contributed by atoms with E-state index in [1.54, 1.807) is 13.0 Å². The number of para-hydroxylation sites is 1. The molecule has 0 unspecified atom stereocenters. The SMILES string of the molecule is Cc1ccc(F)cc1NC(=O)CO/N=C/c1ccccc1OC(F)F. The van der Waals surface area contributed by atoms with E-state index in [-0.39, 0.29) is 11.3 Å². The molecule has 0 aliphatic carbocycles. The van der Waals surface area contributed by atoms with E-state index in [0.717, 1.165) is 6.21 Å². The molecule has 0 aromatic heterocycles. The number of carbonyl (C=O) groups is 1. The molecule has 2 rings (SSSR count). The standard InChI is InChI=1S/C17H15F3N2O3/c1-11-6-7-13(18)8-14(11)22-16(23)10-24-21-9-12-4-2-3-5-15(12)25-17(19)20/h2-9,17H,10H2,1H3,(H,22,23)/b21-9+. The molecular weight excluding hydrogens is 337 g/mol. The summed E-state index contributed by atoms with van der Waals surface area (Å²) in [4.78, 5) is 16.6. The number of halogens is 3. The summed E-state index contributed by atoms with van der Waals surface area (Å²) < 4.78 is 42.1. The Morgan fingerprint density at radius 1 is 1.28 bits per heavy atom. The molecule has 5 nitrogen and oxygen atoms in total. The van der Waals surface area contributed by atoms with Gasteiger partial charge in [0.2, 0.25) is 0 Å². The highest BCUT2D eigenvalue weighted by molar-refractivity contribution is 5.92. The third kappa shape index (κ3) is 5.83. The Labute approximate surface area is 142 Å². The number of ether oxygens (including phenoxy) is 1. The van der Waals surface area contributed by atoms with E-state index in [0.29, 0.717) is 11.3 Å². The van der Waals surface area contributed by atoms with Gasteiger partial charge in [-0.05, 0) is 36.8 Å². The number of nitrogens with zero attached hydrogens (tertiary/aromatic N) is 1. The van der Waals surface area contributed by atoms with Crippen LogP contribution in [0.1, 0.15) is 11.1 Å². The number of carbonyl (C=O) groups excluding carboxylic acids is 1. The van der Waals surface area contributed by atoms with E-state index in [4.69, 9.17) is 4.84 Å². The average molecular weight is 352 g/mol.